The Bertz CT molecular complexity index is 526. The van der Waals surface area contributed by atoms with E-state index in [1.807, 2.05) is 17.9 Å². The smallest absolute Gasteiger partial charge is 0.264 e. The lowest BCUT2D eigenvalue weighted by Gasteiger charge is -2.12. The highest BCUT2D eigenvalue weighted by molar-refractivity contribution is 7.98. The highest BCUT2D eigenvalue weighted by Crippen LogP contribution is 2.10. The Balaban J connectivity index is 2.74. The van der Waals surface area contributed by atoms with Gasteiger partial charge in [-0.2, -0.15) is 11.8 Å². The number of thioether (sulfide) groups is 1. The van der Waals surface area contributed by atoms with Crippen LogP contribution in [-0.2, 0) is 14.8 Å². The summed E-state index contributed by atoms with van der Waals surface area (Å²) in [6.45, 7) is 1.85. The molecule has 0 aromatic heterocycles. The number of carbonyl (C=O) groups excluding carboxylic acids is 1. The molecular weight excluding hydrogens is 284 g/mol. The molecule has 5 nitrogen and oxygen atoms in total. The maximum absolute atomic E-state index is 11.9. The molecule has 0 aliphatic heterocycles. The van der Waals surface area contributed by atoms with Crippen LogP contribution in [0.1, 0.15) is 12.0 Å². The van der Waals surface area contributed by atoms with Gasteiger partial charge in [0.05, 0.1) is 10.9 Å². The molecule has 0 aliphatic carbocycles. The Morgan fingerprint density at radius 1 is 1.37 bits per heavy atom. The van der Waals surface area contributed by atoms with Gasteiger partial charge in [0, 0.05) is 0 Å². The SMILES string of the molecule is CSCCC(N)C(=O)NS(=O)(=O)c1ccc(C)cc1. The van der Waals surface area contributed by atoms with Gasteiger partial charge in [-0.1, -0.05) is 17.7 Å². The van der Waals surface area contributed by atoms with E-state index in [1.54, 1.807) is 23.9 Å². The summed E-state index contributed by atoms with van der Waals surface area (Å²) in [6.07, 6.45) is 2.34. The molecule has 0 fully saturated rings. The second-order valence-corrected chi connectivity index (χ2v) is 6.84. The minimum absolute atomic E-state index is 0.0588. The van der Waals surface area contributed by atoms with Crippen LogP contribution in [0.15, 0.2) is 29.2 Å². The molecule has 0 bridgehead atoms. The zero-order valence-corrected chi connectivity index (χ0v) is 12.6. The van der Waals surface area contributed by atoms with Crippen molar-refractivity contribution >= 4 is 27.7 Å². The Labute approximate surface area is 118 Å². The third-order valence-corrected chi connectivity index (χ3v) is 4.54. The van der Waals surface area contributed by atoms with Crippen LogP contribution < -0.4 is 10.5 Å². The van der Waals surface area contributed by atoms with Gasteiger partial charge in [0.15, 0.2) is 0 Å². The number of hydrogen-bond acceptors (Lipinski definition) is 5. The van der Waals surface area contributed by atoms with Crippen LogP contribution in [0.3, 0.4) is 0 Å². The lowest BCUT2D eigenvalue weighted by atomic mass is 10.2. The van der Waals surface area contributed by atoms with Crippen molar-refractivity contribution in [1.29, 1.82) is 0 Å². The molecule has 0 spiro atoms. The van der Waals surface area contributed by atoms with E-state index in [2.05, 4.69) is 0 Å². The van der Waals surface area contributed by atoms with Gasteiger partial charge in [-0.25, -0.2) is 13.1 Å². The number of nitrogens with one attached hydrogen (secondary N) is 1. The Morgan fingerprint density at radius 2 is 1.95 bits per heavy atom. The van der Waals surface area contributed by atoms with Crippen molar-refractivity contribution in [2.24, 2.45) is 5.73 Å². The van der Waals surface area contributed by atoms with E-state index in [1.165, 1.54) is 12.1 Å². The van der Waals surface area contributed by atoms with Gasteiger partial charge >= 0.3 is 0 Å². The monoisotopic (exact) mass is 302 g/mol. The minimum atomic E-state index is -3.83. The van der Waals surface area contributed by atoms with Crippen LogP contribution in [0.5, 0.6) is 0 Å². The van der Waals surface area contributed by atoms with Crippen molar-refractivity contribution in [1.82, 2.24) is 4.72 Å². The average Bonchev–Trinajstić information content (AvgIpc) is 2.35. The van der Waals surface area contributed by atoms with Crippen LogP contribution >= 0.6 is 11.8 Å². The van der Waals surface area contributed by atoms with Gasteiger partial charge in [-0.05, 0) is 37.5 Å². The highest BCUT2D eigenvalue weighted by atomic mass is 32.2. The molecule has 1 aromatic carbocycles. The molecule has 0 saturated carbocycles. The number of hydrogen-bond donors (Lipinski definition) is 2. The standard InChI is InChI=1S/C12H18N2O3S2/c1-9-3-5-10(6-4-9)19(16,17)14-12(15)11(13)7-8-18-2/h3-6,11H,7-8,13H2,1-2H3,(H,14,15). The number of sulfonamides is 1. The van der Waals surface area contributed by atoms with E-state index < -0.39 is 22.0 Å². The van der Waals surface area contributed by atoms with Gasteiger partial charge < -0.3 is 5.73 Å². The summed E-state index contributed by atoms with van der Waals surface area (Å²) >= 11 is 1.55. The average molecular weight is 302 g/mol. The van der Waals surface area contributed by atoms with Gasteiger partial charge in [0.25, 0.3) is 15.9 Å². The number of amides is 1. The molecule has 1 rings (SSSR count). The molecule has 1 atom stereocenters. The predicted molar refractivity (Wildman–Crippen MR) is 77.5 cm³/mol. The fourth-order valence-electron chi connectivity index (χ4n) is 1.36. The summed E-state index contributed by atoms with van der Waals surface area (Å²) in [5.41, 5.74) is 6.57. The van der Waals surface area contributed by atoms with E-state index in [9.17, 15) is 13.2 Å². The molecule has 0 radical (unpaired) electrons. The fraction of sp³-hybridized carbons (Fsp3) is 0.417. The van der Waals surface area contributed by atoms with E-state index in [4.69, 9.17) is 5.73 Å². The van der Waals surface area contributed by atoms with E-state index in [-0.39, 0.29) is 4.90 Å². The topological polar surface area (TPSA) is 89.3 Å². The first-order chi connectivity index (χ1) is 8.86. The van der Waals surface area contributed by atoms with E-state index >= 15 is 0 Å². The quantitative estimate of drug-likeness (QED) is 0.814. The molecular formula is C12H18N2O3S2. The molecule has 1 unspecified atom stereocenters. The first kappa shape index (κ1) is 16.0. The largest absolute Gasteiger partial charge is 0.320 e. The molecule has 106 valence electrons. The van der Waals surface area contributed by atoms with Crippen LogP contribution in [0.25, 0.3) is 0 Å². The molecule has 3 N–H and O–H groups in total. The molecule has 1 amide bonds. The third-order valence-electron chi connectivity index (χ3n) is 2.54. The van der Waals surface area contributed by atoms with E-state index in [0.29, 0.717) is 12.2 Å². The number of nitrogens with two attached hydrogens (primary N) is 1. The maximum atomic E-state index is 11.9. The van der Waals surface area contributed by atoms with Gasteiger partial charge in [0.1, 0.15) is 0 Å². The minimum Gasteiger partial charge on any atom is -0.320 e. The lowest BCUT2D eigenvalue weighted by molar-refractivity contribution is -0.120. The van der Waals surface area contributed by atoms with Gasteiger partial charge in [0.2, 0.25) is 0 Å². The molecule has 19 heavy (non-hydrogen) atoms. The summed E-state index contributed by atoms with van der Waals surface area (Å²) in [6, 6.07) is 5.45. The molecule has 0 saturated heterocycles. The Kier molecular flexibility index (Phi) is 5.84. The molecule has 7 heteroatoms. The molecule has 0 heterocycles. The van der Waals surface area contributed by atoms with Crippen LogP contribution in [0.2, 0.25) is 0 Å². The summed E-state index contributed by atoms with van der Waals surface area (Å²) in [4.78, 5) is 11.7. The van der Waals surface area contributed by atoms with Crippen molar-refractivity contribution in [2.45, 2.75) is 24.3 Å². The number of benzene rings is 1. The summed E-state index contributed by atoms with van der Waals surface area (Å²) in [7, 11) is -3.83. The fourth-order valence-corrected chi connectivity index (χ4v) is 2.88. The van der Waals surface area contributed by atoms with Crippen molar-refractivity contribution in [3.05, 3.63) is 29.8 Å². The van der Waals surface area contributed by atoms with Crippen LogP contribution in [0.4, 0.5) is 0 Å². The Morgan fingerprint density at radius 3 is 2.47 bits per heavy atom. The first-order valence-corrected chi connectivity index (χ1v) is 8.62. The predicted octanol–water partition coefficient (Wildman–Crippen LogP) is 0.880. The van der Waals surface area contributed by atoms with Crippen molar-refractivity contribution in [3.63, 3.8) is 0 Å². The summed E-state index contributed by atoms with van der Waals surface area (Å²) in [5.74, 6) is 0.0359. The number of rotatable bonds is 6. The normalized spacial score (nSPS) is 13.0. The second-order valence-electron chi connectivity index (χ2n) is 4.17. The summed E-state index contributed by atoms with van der Waals surface area (Å²) < 4.78 is 25.9. The molecule has 0 aliphatic rings. The van der Waals surface area contributed by atoms with Gasteiger partial charge in [-0.15, -0.1) is 0 Å². The highest BCUT2D eigenvalue weighted by Gasteiger charge is 2.21. The van der Waals surface area contributed by atoms with Crippen molar-refractivity contribution < 1.29 is 13.2 Å². The maximum Gasteiger partial charge on any atom is 0.264 e. The van der Waals surface area contributed by atoms with Crippen molar-refractivity contribution in [3.8, 4) is 0 Å². The third kappa shape index (κ3) is 4.85. The zero-order chi connectivity index (χ0) is 14.5. The number of aryl methyl sites for hydroxylation is 1. The summed E-state index contributed by atoms with van der Waals surface area (Å²) in [5, 5.41) is 0. The lowest BCUT2D eigenvalue weighted by Crippen LogP contribution is -2.43. The Hall–Kier alpha value is -1.05. The van der Waals surface area contributed by atoms with Crippen molar-refractivity contribution in [2.75, 3.05) is 12.0 Å². The van der Waals surface area contributed by atoms with Crippen LogP contribution in [0, 0.1) is 6.92 Å². The second kappa shape index (κ2) is 6.93. The molecule has 1 aromatic rings. The zero-order valence-electron chi connectivity index (χ0n) is 10.9. The first-order valence-electron chi connectivity index (χ1n) is 5.74. The van der Waals surface area contributed by atoms with Crippen LogP contribution in [-0.4, -0.2) is 32.4 Å². The van der Waals surface area contributed by atoms with Gasteiger partial charge in [-0.3, -0.25) is 4.79 Å². The van der Waals surface area contributed by atoms with E-state index in [0.717, 1.165) is 5.56 Å². The number of carbonyl (C=O) groups is 1.